The van der Waals surface area contributed by atoms with Crippen molar-refractivity contribution in [3.63, 3.8) is 0 Å². The molecular weight excluding hydrogens is 290 g/mol. The van der Waals surface area contributed by atoms with Crippen LogP contribution >= 0.6 is 0 Å². The van der Waals surface area contributed by atoms with Crippen molar-refractivity contribution in [2.75, 3.05) is 19.8 Å². The molecule has 0 atom stereocenters. The largest absolute Gasteiger partial charge is 0.379 e. The molecule has 0 rings (SSSR count). The molecule has 0 aromatic heterocycles. The van der Waals surface area contributed by atoms with Crippen molar-refractivity contribution in [3.05, 3.63) is 12.2 Å². The first kappa shape index (κ1) is 21.8. The number of unbranched alkanes of at least 4 members (excludes halogenated alkanes) is 1. The minimum Gasteiger partial charge on any atom is -0.379 e. The van der Waals surface area contributed by atoms with E-state index in [2.05, 4.69) is 38.2 Å². The summed E-state index contributed by atoms with van der Waals surface area (Å²) in [5.74, 6) is 0.258. The molecule has 0 aromatic rings. The zero-order valence-electron chi connectivity index (χ0n) is 15.8. The van der Waals surface area contributed by atoms with Gasteiger partial charge in [0.1, 0.15) is 5.78 Å². The molecule has 134 valence electrons. The van der Waals surface area contributed by atoms with Gasteiger partial charge in [-0.2, -0.15) is 0 Å². The molecule has 1 N–H and O–H groups in total. The molecule has 4 nitrogen and oxygen atoms in total. The first-order valence-corrected chi connectivity index (χ1v) is 8.58. The lowest BCUT2D eigenvalue weighted by atomic mass is 9.89. The number of nitrogens with one attached hydrogen (secondary N) is 1. The summed E-state index contributed by atoms with van der Waals surface area (Å²) in [4.78, 5) is 23.3. The third-order valence-corrected chi connectivity index (χ3v) is 3.27. The SMILES string of the molecule is CC(C)(C)/C=C/CCCC(=O)NCCOCCC(=O)C(C)(C)C. The topological polar surface area (TPSA) is 55.4 Å². The summed E-state index contributed by atoms with van der Waals surface area (Å²) in [6, 6.07) is 0. The fraction of sp³-hybridized carbons (Fsp3) is 0.789. The van der Waals surface area contributed by atoms with E-state index >= 15 is 0 Å². The minimum atomic E-state index is -0.307. The number of hydrogen-bond donors (Lipinski definition) is 1. The summed E-state index contributed by atoms with van der Waals surface area (Å²) < 4.78 is 5.38. The van der Waals surface area contributed by atoms with E-state index in [1.807, 2.05) is 20.8 Å². The van der Waals surface area contributed by atoms with E-state index in [0.29, 0.717) is 32.6 Å². The van der Waals surface area contributed by atoms with Crippen LogP contribution in [0.3, 0.4) is 0 Å². The van der Waals surface area contributed by atoms with Crippen molar-refractivity contribution in [1.29, 1.82) is 0 Å². The van der Waals surface area contributed by atoms with Crippen LogP contribution in [0.2, 0.25) is 0 Å². The fourth-order valence-electron chi connectivity index (χ4n) is 1.81. The first-order valence-electron chi connectivity index (χ1n) is 8.58. The Morgan fingerprint density at radius 3 is 2.22 bits per heavy atom. The summed E-state index contributed by atoms with van der Waals surface area (Å²) in [6.07, 6.45) is 7.07. The molecule has 0 aliphatic carbocycles. The number of carbonyl (C=O) groups is 2. The van der Waals surface area contributed by atoms with Gasteiger partial charge in [0.25, 0.3) is 0 Å². The molecule has 1 amide bonds. The van der Waals surface area contributed by atoms with Crippen molar-refractivity contribution in [1.82, 2.24) is 5.32 Å². The standard InChI is InChI=1S/C19H35NO3/c1-18(2,3)12-9-7-8-10-17(22)20-13-15-23-14-11-16(21)19(4,5)6/h9,12H,7-8,10-11,13-15H2,1-6H3,(H,20,22)/b12-9+. The van der Waals surface area contributed by atoms with E-state index in [0.717, 1.165) is 12.8 Å². The maximum Gasteiger partial charge on any atom is 0.220 e. The van der Waals surface area contributed by atoms with Crippen LogP contribution in [0.1, 0.15) is 67.2 Å². The minimum absolute atomic E-state index is 0.0588. The Morgan fingerprint density at radius 2 is 1.65 bits per heavy atom. The third kappa shape index (κ3) is 14.2. The Hall–Kier alpha value is -1.16. The molecule has 23 heavy (non-hydrogen) atoms. The zero-order valence-corrected chi connectivity index (χ0v) is 15.8. The van der Waals surface area contributed by atoms with Gasteiger partial charge in [0.15, 0.2) is 0 Å². The summed E-state index contributed by atoms with van der Waals surface area (Å²) in [5, 5.41) is 2.84. The monoisotopic (exact) mass is 325 g/mol. The first-order chi connectivity index (χ1) is 10.5. The lowest BCUT2D eigenvalue weighted by molar-refractivity contribution is -0.127. The highest BCUT2D eigenvalue weighted by Crippen LogP contribution is 2.16. The smallest absolute Gasteiger partial charge is 0.220 e. The average molecular weight is 325 g/mol. The molecule has 0 aromatic carbocycles. The number of ketones is 1. The van der Waals surface area contributed by atoms with Gasteiger partial charge < -0.3 is 10.1 Å². The molecule has 0 aliphatic rings. The van der Waals surface area contributed by atoms with Gasteiger partial charge >= 0.3 is 0 Å². The highest BCUT2D eigenvalue weighted by Gasteiger charge is 2.20. The van der Waals surface area contributed by atoms with Crippen LogP contribution in [0.15, 0.2) is 12.2 Å². The molecule has 0 spiro atoms. The van der Waals surface area contributed by atoms with Gasteiger partial charge in [0, 0.05) is 24.8 Å². The van der Waals surface area contributed by atoms with E-state index in [1.165, 1.54) is 0 Å². The van der Waals surface area contributed by atoms with Crippen LogP contribution in [-0.4, -0.2) is 31.4 Å². The molecule has 0 heterocycles. The Kier molecular flexibility index (Phi) is 10.1. The van der Waals surface area contributed by atoms with Crippen LogP contribution in [0.4, 0.5) is 0 Å². The van der Waals surface area contributed by atoms with Crippen LogP contribution < -0.4 is 5.32 Å². The van der Waals surface area contributed by atoms with Gasteiger partial charge in [0.2, 0.25) is 5.91 Å². The second-order valence-corrected chi connectivity index (χ2v) is 8.05. The van der Waals surface area contributed by atoms with Gasteiger partial charge in [-0.3, -0.25) is 9.59 Å². The number of Topliss-reactive ketones (excluding diaryl/α,β-unsaturated/α-hetero) is 1. The van der Waals surface area contributed by atoms with Gasteiger partial charge in [-0.05, 0) is 18.3 Å². The van der Waals surface area contributed by atoms with Crippen LogP contribution in [-0.2, 0) is 14.3 Å². The number of allylic oxidation sites excluding steroid dienone is 2. The average Bonchev–Trinajstić information content (AvgIpc) is 2.39. The van der Waals surface area contributed by atoms with Crippen LogP contribution in [0.25, 0.3) is 0 Å². The van der Waals surface area contributed by atoms with Crippen molar-refractivity contribution >= 4 is 11.7 Å². The molecule has 0 saturated heterocycles. The predicted molar refractivity (Wildman–Crippen MR) is 95.4 cm³/mol. The van der Waals surface area contributed by atoms with Gasteiger partial charge in [-0.25, -0.2) is 0 Å². The molecular formula is C19H35NO3. The summed E-state index contributed by atoms with van der Waals surface area (Å²) >= 11 is 0. The Bertz CT molecular complexity index is 386. The molecule has 0 unspecified atom stereocenters. The highest BCUT2D eigenvalue weighted by molar-refractivity contribution is 5.83. The van der Waals surface area contributed by atoms with Gasteiger partial charge in [-0.1, -0.05) is 53.7 Å². The third-order valence-electron chi connectivity index (χ3n) is 3.27. The number of carbonyl (C=O) groups excluding carboxylic acids is 2. The van der Waals surface area contributed by atoms with Crippen molar-refractivity contribution in [2.45, 2.75) is 67.2 Å². The van der Waals surface area contributed by atoms with E-state index < -0.39 is 0 Å². The number of hydrogen-bond acceptors (Lipinski definition) is 3. The lowest BCUT2D eigenvalue weighted by Gasteiger charge is -2.16. The number of amides is 1. The zero-order chi connectivity index (χ0) is 17.9. The summed E-state index contributed by atoms with van der Waals surface area (Å²) in [5.41, 5.74) is -0.104. The van der Waals surface area contributed by atoms with E-state index in [1.54, 1.807) is 0 Å². The Balaban J connectivity index is 3.54. The predicted octanol–water partition coefficient (Wildman–Crippen LogP) is 3.90. The van der Waals surface area contributed by atoms with E-state index in [4.69, 9.17) is 4.74 Å². The molecule has 0 aliphatic heterocycles. The normalized spacial score (nSPS) is 12.6. The van der Waals surface area contributed by atoms with Crippen LogP contribution in [0.5, 0.6) is 0 Å². The Labute approximate surface area is 142 Å². The molecule has 0 saturated carbocycles. The van der Waals surface area contributed by atoms with E-state index in [-0.39, 0.29) is 22.5 Å². The summed E-state index contributed by atoms with van der Waals surface area (Å²) in [7, 11) is 0. The second kappa shape index (κ2) is 10.6. The van der Waals surface area contributed by atoms with Crippen molar-refractivity contribution in [2.24, 2.45) is 10.8 Å². The quantitative estimate of drug-likeness (QED) is 0.489. The lowest BCUT2D eigenvalue weighted by Crippen LogP contribution is -2.27. The maximum absolute atomic E-state index is 11.7. The molecule has 0 bridgehead atoms. The highest BCUT2D eigenvalue weighted by atomic mass is 16.5. The van der Waals surface area contributed by atoms with Gasteiger partial charge in [-0.15, -0.1) is 0 Å². The van der Waals surface area contributed by atoms with Crippen molar-refractivity contribution in [3.8, 4) is 0 Å². The van der Waals surface area contributed by atoms with Gasteiger partial charge in [0.05, 0.1) is 13.2 Å². The van der Waals surface area contributed by atoms with Crippen molar-refractivity contribution < 1.29 is 14.3 Å². The van der Waals surface area contributed by atoms with E-state index in [9.17, 15) is 9.59 Å². The number of ether oxygens (including phenoxy) is 1. The fourth-order valence-corrected chi connectivity index (χ4v) is 1.81. The maximum atomic E-state index is 11.7. The summed E-state index contributed by atoms with van der Waals surface area (Å²) in [6.45, 7) is 13.6. The van der Waals surface area contributed by atoms with Crippen LogP contribution in [0, 0.1) is 10.8 Å². The Morgan fingerprint density at radius 1 is 1.00 bits per heavy atom. The number of rotatable bonds is 10. The molecule has 0 fully saturated rings. The second-order valence-electron chi connectivity index (χ2n) is 8.05. The molecule has 0 radical (unpaired) electrons. The molecule has 4 heteroatoms.